The Balaban J connectivity index is 3.24. The van der Waals surface area contributed by atoms with E-state index in [0.29, 0.717) is 12.6 Å². The highest BCUT2D eigenvalue weighted by atomic mass is 16.5. The monoisotopic (exact) mass is 329 g/mol. The molecule has 0 aliphatic rings. The molecule has 2 atom stereocenters. The Bertz CT molecular complexity index is 224. The molecular formula is C20H43NO2. The minimum Gasteiger partial charge on any atom is -0.382 e. The molecule has 0 radical (unpaired) electrons. The quantitative estimate of drug-likeness (QED) is 0.345. The molecule has 0 saturated heterocycles. The number of nitrogens with one attached hydrogen (secondary N) is 1. The molecule has 140 valence electrons. The SMILES string of the molecule is CCCCCCCCCCCCCCNC(C)[C@@H](COC)OC. The summed E-state index contributed by atoms with van der Waals surface area (Å²) in [6, 6.07) is 0.354. The first kappa shape index (κ1) is 22.9. The topological polar surface area (TPSA) is 30.5 Å². The van der Waals surface area contributed by atoms with Crippen molar-refractivity contribution in [3.63, 3.8) is 0 Å². The zero-order chi connectivity index (χ0) is 17.2. The van der Waals surface area contributed by atoms with Crippen molar-refractivity contribution in [2.75, 3.05) is 27.4 Å². The molecule has 0 aliphatic carbocycles. The van der Waals surface area contributed by atoms with Crippen LogP contribution in [0.15, 0.2) is 0 Å². The highest BCUT2D eigenvalue weighted by Gasteiger charge is 2.15. The molecule has 23 heavy (non-hydrogen) atoms. The van der Waals surface area contributed by atoms with Crippen molar-refractivity contribution in [3.05, 3.63) is 0 Å². The molecule has 0 rings (SSSR count). The summed E-state index contributed by atoms with van der Waals surface area (Å²) in [5, 5.41) is 3.55. The predicted octanol–water partition coefficient (Wildman–Crippen LogP) is 5.33. The third kappa shape index (κ3) is 15.2. The lowest BCUT2D eigenvalue weighted by atomic mass is 10.1. The van der Waals surface area contributed by atoms with Gasteiger partial charge in [0.25, 0.3) is 0 Å². The van der Waals surface area contributed by atoms with Crippen LogP contribution in [0.25, 0.3) is 0 Å². The van der Waals surface area contributed by atoms with E-state index in [1.54, 1.807) is 14.2 Å². The summed E-state index contributed by atoms with van der Waals surface area (Å²) in [7, 11) is 3.48. The first-order valence-corrected chi connectivity index (χ1v) is 10.0. The maximum absolute atomic E-state index is 5.43. The van der Waals surface area contributed by atoms with Gasteiger partial charge in [0.15, 0.2) is 0 Å². The summed E-state index contributed by atoms with van der Waals surface area (Å²) in [5.74, 6) is 0. The lowest BCUT2D eigenvalue weighted by Gasteiger charge is -2.23. The molecule has 0 fully saturated rings. The Hall–Kier alpha value is -0.120. The fourth-order valence-corrected chi connectivity index (χ4v) is 3.01. The van der Waals surface area contributed by atoms with E-state index < -0.39 is 0 Å². The molecule has 0 saturated carbocycles. The van der Waals surface area contributed by atoms with E-state index in [2.05, 4.69) is 19.2 Å². The fourth-order valence-electron chi connectivity index (χ4n) is 3.01. The summed E-state index contributed by atoms with van der Waals surface area (Å²) in [5.41, 5.74) is 0. The Morgan fingerprint density at radius 1 is 0.739 bits per heavy atom. The van der Waals surface area contributed by atoms with Crippen LogP contribution in [0.5, 0.6) is 0 Å². The van der Waals surface area contributed by atoms with Crippen molar-refractivity contribution in [2.45, 2.75) is 103 Å². The minimum absolute atomic E-state index is 0.150. The van der Waals surface area contributed by atoms with Gasteiger partial charge in [0, 0.05) is 20.3 Å². The Morgan fingerprint density at radius 3 is 1.65 bits per heavy atom. The highest BCUT2D eigenvalue weighted by Crippen LogP contribution is 2.11. The minimum atomic E-state index is 0.150. The number of rotatable bonds is 18. The molecule has 1 N–H and O–H groups in total. The molecular weight excluding hydrogens is 286 g/mol. The second kappa shape index (κ2) is 18.2. The van der Waals surface area contributed by atoms with Gasteiger partial charge in [-0.05, 0) is 19.9 Å². The maximum atomic E-state index is 5.43. The maximum Gasteiger partial charge on any atom is 0.0954 e. The third-order valence-corrected chi connectivity index (χ3v) is 4.69. The largest absolute Gasteiger partial charge is 0.382 e. The van der Waals surface area contributed by atoms with Crippen LogP contribution >= 0.6 is 0 Å². The van der Waals surface area contributed by atoms with E-state index >= 15 is 0 Å². The van der Waals surface area contributed by atoms with Gasteiger partial charge in [-0.15, -0.1) is 0 Å². The lowest BCUT2D eigenvalue weighted by molar-refractivity contribution is 0.00883. The molecule has 0 spiro atoms. The van der Waals surface area contributed by atoms with Crippen LogP contribution in [0, 0.1) is 0 Å². The first-order valence-electron chi connectivity index (χ1n) is 10.0. The van der Waals surface area contributed by atoms with Gasteiger partial charge in [0.05, 0.1) is 12.7 Å². The van der Waals surface area contributed by atoms with Gasteiger partial charge in [-0.3, -0.25) is 0 Å². The van der Waals surface area contributed by atoms with Crippen molar-refractivity contribution in [3.8, 4) is 0 Å². The summed E-state index contributed by atoms with van der Waals surface area (Å²) in [6.07, 6.45) is 17.0. The van der Waals surface area contributed by atoms with E-state index in [1.807, 2.05) is 0 Å². The molecule has 3 heteroatoms. The molecule has 0 aliphatic heterocycles. The normalized spacial score (nSPS) is 14.1. The average Bonchev–Trinajstić information content (AvgIpc) is 2.56. The number of methoxy groups -OCH3 is 2. The van der Waals surface area contributed by atoms with Crippen LogP contribution in [0.4, 0.5) is 0 Å². The third-order valence-electron chi connectivity index (χ3n) is 4.69. The van der Waals surface area contributed by atoms with Crippen LogP contribution in [-0.4, -0.2) is 39.5 Å². The van der Waals surface area contributed by atoms with Crippen molar-refractivity contribution < 1.29 is 9.47 Å². The highest BCUT2D eigenvalue weighted by molar-refractivity contribution is 4.71. The molecule has 3 nitrogen and oxygen atoms in total. The Labute approximate surface area is 145 Å². The van der Waals surface area contributed by atoms with Crippen LogP contribution < -0.4 is 5.32 Å². The molecule has 0 aromatic rings. The molecule has 0 amide bonds. The smallest absolute Gasteiger partial charge is 0.0954 e. The van der Waals surface area contributed by atoms with E-state index in [9.17, 15) is 0 Å². The van der Waals surface area contributed by atoms with Crippen LogP contribution in [0.1, 0.15) is 90.9 Å². The van der Waals surface area contributed by atoms with Gasteiger partial charge in [-0.25, -0.2) is 0 Å². The molecule has 0 aromatic heterocycles. The van der Waals surface area contributed by atoms with Crippen LogP contribution in [0.2, 0.25) is 0 Å². The Kier molecular flexibility index (Phi) is 18.1. The van der Waals surface area contributed by atoms with Crippen molar-refractivity contribution in [2.24, 2.45) is 0 Å². The number of ether oxygens (including phenoxy) is 2. The number of hydrogen-bond donors (Lipinski definition) is 1. The molecule has 0 aromatic carbocycles. The van der Waals surface area contributed by atoms with Crippen LogP contribution in [-0.2, 0) is 9.47 Å². The van der Waals surface area contributed by atoms with Crippen molar-refractivity contribution in [1.29, 1.82) is 0 Å². The van der Waals surface area contributed by atoms with Gasteiger partial charge in [0.1, 0.15) is 0 Å². The lowest BCUT2D eigenvalue weighted by Crippen LogP contribution is -2.41. The van der Waals surface area contributed by atoms with Gasteiger partial charge in [-0.1, -0.05) is 77.6 Å². The zero-order valence-corrected chi connectivity index (χ0v) is 16.4. The van der Waals surface area contributed by atoms with Crippen LogP contribution in [0.3, 0.4) is 0 Å². The second-order valence-corrected chi connectivity index (χ2v) is 6.86. The van der Waals surface area contributed by atoms with Crippen molar-refractivity contribution >= 4 is 0 Å². The average molecular weight is 330 g/mol. The standard InChI is InChI=1S/C20H43NO2/c1-5-6-7-8-9-10-11-12-13-14-15-16-17-21-19(2)20(23-4)18-22-3/h19-21H,5-18H2,1-4H3/t19?,20-/m1/s1. The second-order valence-electron chi connectivity index (χ2n) is 6.86. The summed E-state index contributed by atoms with van der Waals surface area (Å²) >= 11 is 0. The van der Waals surface area contributed by atoms with E-state index in [-0.39, 0.29) is 6.10 Å². The van der Waals surface area contributed by atoms with E-state index in [1.165, 1.54) is 77.0 Å². The predicted molar refractivity (Wildman–Crippen MR) is 101 cm³/mol. The molecule has 1 unspecified atom stereocenters. The zero-order valence-electron chi connectivity index (χ0n) is 16.4. The van der Waals surface area contributed by atoms with Gasteiger partial charge < -0.3 is 14.8 Å². The molecule has 0 heterocycles. The van der Waals surface area contributed by atoms with Gasteiger partial charge in [-0.2, -0.15) is 0 Å². The number of hydrogen-bond acceptors (Lipinski definition) is 3. The van der Waals surface area contributed by atoms with E-state index in [4.69, 9.17) is 9.47 Å². The number of unbranched alkanes of at least 4 members (excludes halogenated alkanes) is 11. The summed E-state index contributed by atoms with van der Waals surface area (Å²) < 4.78 is 10.6. The first-order chi connectivity index (χ1) is 11.3. The van der Waals surface area contributed by atoms with Gasteiger partial charge >= 0.3 is 0 Å². The fraction of sp³-hybridized carbons (Fsp3) is 1.00. The summed E-state index contributed by atoms with van der Waals surface area (Å²) in [4.78, 5) is 0. The van der Waals surface area contributed by atoms with Crippen molar-refractivity contribution in [1.82, 2.24) is 5.32 Å². The molecule has 0 bridgehead atoms. The van der Waals surface area contributed by atoms with Gasteiger partial charge in [0.2, 0.25) is 0 Å². The van der Waals surface area contributed by atoms with E-state index in [0.717, 1.165) is 6.54 Å². The Morgan fingerprint density at radius 2 is 1.22 bits per heavy atom. The summed E-state index contributed by atoms with van der Waals surface area (Å²) in [6.45, 7) is 6.20.